The number of aromatic nitrogens is 1. The van der Waals surface area contributed by atoms with Crippen LogP contribution in [0.1, 0.15) is 22.5 Å². The van der Waals surface area contributed by atoms with Gasteiger partial charge in [-0.2, -0.15) is 5.10 Å². The highest BCUT2D eigenvalue weighted by molar-refractivity contribution is 9.10. The van der Waals surface area contributed by atoms with Crippen LogP contribution in [0.2, 0.25) is 10.0 Å². The van der Waals surface area contributed by atoms with Crippen molar-refractivity contribution in [2.24, 2.45) is 5.10 Å². The monoisotopic (exact) mass is 646 g/mol. The first-order valence-electron chi connectivity index (χ1n) is 11.8. The molecule has 0 saturated heterocycles. The summed E-state index contributed by atoms with van der Waals surface area (Å²) in [5.74, 6) is -0.639. The fourth-order valence-electron chi connectivity index (χ4n) is 4.08. The van der Waals surface area contributed by atoms with Crippen molar-refractivity contribution in [1.29, 1.82) is 0 Å². The zero-order chi connectivity index (χ0) is 28.3. The Labute approximate surface area is 246 Å². The average Bonchev–Trinajstić information content (AvgIpc) is 3.15. The molecular weight excluding hydrogens is 623 g/mol. The van der Waals surface area contributed by atoms with Gasteiger partial charge < -0.3 is 4.57 Å². The molecule has 1 heterocycles. The molecule has 0 aliphatic rings. The highest BCUT2D eigenvalue weighted by Crippen LogP contribution is 2.30. The molecule has 0 aliphatic heterocycles. The molecule has 3 aromatic carbocycles. The number of anilines is 1. The van der Waals surface area contributed by atoms with E-state index < -0.39 is 22.5 Å². The van der Waals surface area contributed by atoms with Crippen molar-refractivity contribution in [3.8, 4) is 5.69 Å². The maximum Gasteiger partial charge on any atom is 0.264 e. The first-order valence-corrected chi connectivity index (χ1v) is 14.8. The predicted molar refractivity (Wildman–Crippen MR) is 161 cm³/mol. The van der Waals surface area contributed by atoms with E-state index in [0.717, 1.165) is 37.0 Å². The van der Waals surface area contributed by atoms with Crippen LogP contribution in [-0.4, -0.2) is 31.7 Å². The number of sulfonamides is 1. The number of carbonyl (C=O) groups excluding carboxylic acids is 1. The lowest BCUT2D eigenvalue weighted by atomic mass is 10.2. The largest absolute Gasteiger partial charge is 0.318 e. The molecule has 0 fully saturated rings. The maximum atomic E-state index is 13.6. The van der Waals surface area contributed by atoms with E-state index in [1.165, 1.54) is 36.5 Å². The fourth-order valence-corrected chi connectivity index (χ4v) is 6.26. The summed E-state index contributed by atoms with van der Waals surface area (Å²) >= 11 is 15.7. The molecule has 0 radical (unpaired) electrons. The number of nitrogens with zero attached hydrogens (tertiary/aromatic N) is 3. The van der Waals surface area contributed by atoms with E-state index in [2.05, 4.69) is 31.0 Å². The number of carbonyl (C=O) groups is 1. The zero-order valence-corrected chi connectivity index (χ0v) is 25.2. The van der Waals surface area contributed by atoms with E-state index in [-0.39, 0.29) is 20.6 Å². The molecule has 4 rings (SSSR count). The lowest BCUT2D eigenvalue weighted by Gasteiger charge is -2.24. The summed E-state index contributed by atoms with van der Waals surface area (Å²) in [6.45, 7) is 5.25. The second-order valence-corrected chi connectivity index (χ2v) is 12.5. The van der Waals surface area contributed by atoms with E-state index in [4.69, 9.17) is 23.2 Å². The van der Waals surface area contributed by atoms with Gasteiger partial charge in [-0.15, -0.1) is 0 Å². The summed E-state index contributed by atoms with van der Waals surface area (Å²) in [6, 6.07) is 20.6. The Morgan fingerprint density at radius 1 is 0.974 bits per heavy atom. The van der Waals surface area contributed by atoms with E-state index in [9.17, 15) is 13.2 Å². The smallest absolute Gasteiger partial charge is 0.264 e. The van der Waals surface area contributed by atoms with Gasteiger partial charge in [-0.25, -0.2) is 13.8 Å². The van der Waals surface area contributed by atoms with Crippen molar-refractivity contribution in [2.45, 2.75) is 25.7 Å². The molecule has 0 spiro atoms. The molecule has 0 atom stereocenters. The molecule has 0 bridgehead atoms. The predicted octanol–water partition coefficient (Wildman–Crippen LogP) is 6.82. The van der Waals surface area contributed by atoms with E-state index >= 15 is 0 Å². The van der Waals surface area contributed by atoms with Crippen molar-refractivity contribution >= 4 is 67.0 Å². The van der Waals surface area contributed by atoms with Crippen LogP contribution in [0.15, 0.2) is 87.3 Å². The fraction of sp³-hybridized carbons (Fsp3) is 0.143. The Kier molecular flexibility index (Phi) is 8.86. The number of hydrogen-bond acceptors (Lipinski definition) is 4. The highest BCUT2D eigenvalue weighted by atomic mass is 79.9. The number of aryl methyl sites for hydroxylation is 2. The van der Waals surface area contributed by atoms with Gasteiger partial charge in [-0.3, -0.25) is 9.10 Å². The lowest BCUT2D eigenvalue weighted by Crippen LogP contribution is -2.39. The van der Waals surface area contributed by atoms with E-state index in [0.29, 0.717) is 0 Å². The third-order valence-corrected chi connectivity index (χ3v) is 8.73. The van der Waals surface area contributed by atoms with E-state index in [1.54, 1.807) is 12.1 Å². The van der Waals surface area contributed by atoms with Gasteiger partial charge >= 0.3 is 0 Å². The van der Waals surface area contributed by atoms with Gasteiger partial charge in [0.05, 0.1) is 16.8 Å². The topological polar surface area (TPSA) is 83.8 Å². The maximum absolute atomic E-state index is 13.6. The summed E-state index contributed by atoms with van der Waals surface area (Å²) in [5, 5.41) is 4.57. The quantitative estimate of drug-likeness (QED) is 0.168. The minimum Gasteiger partial charge on any atom is -0.318 e. The summed E-state index contributed by atoms with van der Waals surface area (Å²) in [4.78, 5) is 13.0. The number of amides is 1. The first kappa shape index (κ1) is 28.9. The van der Waals surface area contributed by atoms with Gasteiger partial charge in [-0.05, 0) is 81.4 Å². The van der Waals surface area contributed by atoms with Crippen molar-refractivity contribution in [3.63, 3.8) is 0 Å². The second-order valence-electron chi connectivity index (χ2n) is 8.88. The van der Waals surface area contributed by atoms with Gasteiger partial charge in [0.1, 0.15) is 6.54 Å². The number of hydrazone groups is 1. The van der Waals surface area contributed by atoms with Crippen LogP contribution in [0.3, 0.4) is 0 Å². The molecule has 39 heavy (non-hydrogen) atoms. The molecule has 0 aliphatic carbocycles. The molecule has 4 aromatic rings. The number of halogens is 3. The number of benzene rings is 3. The minimum atomic E-state index is -4.12. The van der Waals surface area contributed by atoms with Gasteiger partial charge in [0.2, 0.25) is 0 Å². The summed E-state index contributed by atoms with van der Waals surface area (Å²) in [5.41, 5.74) is 7.23. The van der Waals surface area contributed by atoms with Crippen LogP contribution in [0.4, 0.5) is 5.69 Å². The van der Waals surface area contributed by atoms with Gasteiger partial charge in [0, 0.05) is 37.2 Å². The molecule has 0 unspecified atom stereocenters. The number of hydrogen-bond donors (Lipinski definition) is 1. The standard InChI is InChI=1S/C28H25BrCl2N4O3S/c1-18-4-10-27(11-5-18)39(37,38)34(26-14-23(30)13-24(31)15-26)17-28(36)33-32-16-21-12-19(2)35(20(21)3)25-8-6-22(29)7-9-25/h4-16H,17H2,1-3H3,(H,33,36)/b32-16+. The molecule has 11 heteroatoms. The van der Waals surface area contributed by atoms with Crippen molar-refractivity contribution < 1.29 is 13.2 Å². The van der Waals surface area contributed by atoms with Crippen molar-refractivity contribution in [1.82, 2.24) is 9.99 Å². The zero-order valence-electron chi connectivity index (χ0n) is 21.3. The molecule has 1 aromatic heterocycles. The second kappa shape index (κ2) is 12.0. The molecule has 7 nitrogen and oxygen atoms in total. The Balaban J connectivity index is 1.57. The lowest BCUT2D eigenvalue weighted by molar-refractivity contribution is -0.119. The minimum absolute atomic E-state index is 0.0286. The highest BCUT2D eigenvalue weighted by Gasteiger charge is 2.28. The van der Waals surface area contributed by atoms with Gasteiger partial charge in [0.15, 0.2) is 0 Å². The molecular formula is C28H25BrCl2N4O3S. The van der Waals surface area contributed by atoms with Crippen LogP contribution in [0.5, 0.6) is 0 Å². The summed E-state index contributed by atoms with van der Waals surface area (Å²) in [7, 11) is -4.12. The van der Waals surface area contributed by atoms with Gasteiger partial charge in [0.25, 0.3) is 15.9 Å². The van der Waals surface area contributed by atoms with Crippen LogP contribution in [-0.2, 0) is 14.8 Å². The van der Waals surface area contributed by atoms with E-state index in [1.807, 2.05) is 51.1 Å². The van der Waals surface area contributed by atoms with Gasteiger partial charge in [-0.1, -0.05) is 56.8 Å². The molecule has 0 saturated carbocycles. The SMILES string of the molecule is Cc1ccc(S(=O)(=O)N(CC(=O)N/N=C/c2cc(C)n(-c3ccc(Br)cc3)c2C)c2cc(Cl)cc(Cl)c2)cc1. The number of rotatable bonds is 8. The Bertz CT molecular complexity index is 1630. The summed E-state index contributed by atoms with van der Waals surface area (Å²) in [6.07, 6.45) is 1.53. The van der Waals surface area contributed by atoms with Crippen molar-refractivity contribution in [2.75, 3.05) is 10.8 Å². The van der Waals surface area contributed by atoms with Crippen LogP contribution in [0, 0.1) is 20.8 Å². The Hall–Kier alpha value is -3.11. The molecule has 1 N–H and O–H groups in total. The molecule has 1 amide bonds. The Morgan fingerprint density at radius 2 is 1.59 bits per heavy atom. The van der Waals surface area contributed by atoms with Crippen LogP contribution >= 0.6 is 39.1 Å². The molecule has 202 valence electrons. The van der Waals surface area contributed by atoms with Crippen molar-refractivity contribution in [3.05, 3.63) is 110 Å². The summed E-state index contributed by atoms with van der Waals surface area (Å²) < 4.78 is 31.1. The third kappa shape index (κ3) is 6.73. The third-order valence-electron chi connectivity index (χ3n) is 5.98. The van der Waals surface area contributed by atoms with Crippen LogP contribution in [0.25, 0.3) is 5.69 Å². The first-order chi connectivity index (χ1) is 18.5. The number of nitrogens with one attached hydrogen (secondary N) is 1. The Morgan fingerprint density at radius 3 is 2.21 bits per heavy atom. The average molecular weight is 648 g/mol. The normalized spacial score (nSPS) is 11.6. The van der Waals surface area contributed by atoms with Crippen LogP contribution < -0.4 is 9.73 Å².